The van der Waals surface area contributed by atoms with E-state index in [2.05, 4.69) is 10.3 Å². The molecule has 0 aliphatic carbocycles. The first-order valence-electron chi connectivity index (χ1n) is 11.0. The predicted octanol–water partition coefficient (Wildman–Crippen LogP) is 4.27. The van der Waals surface area contributed by atoms with Crippen molar-refractivity contribution in [1.82, 2.24) is 19.6 Å². The van der Waals surface area contributed by atoms with Gasteiger partial charge in [0.2, 0.25) is 0 Å². The number of hydrogen-bond acceptors (Lipinski definition) is 3. The maximum atomic E-state index is 15.1. The lowest BCUT2D eigenvalue weighted by Crippen LogP contribution is -2.30. The van der Waals surface area contributed by atoms with Gasteiger partial charge in [0.1, 0.15) is 17.3 Å². The van der Waals surface area contributed by atoms with Gasteiger partial charge in [-0.1, -0.05) is 0 Å². The van der Waals surface area contributed by atoms with Gasteiger partial charge in [0.05, 0.1) is 17.0 Å². The highest BCUT2D eigenvalue weighted by Gasteiger charge is 2.26. The monoisotopic (exact) mass is 456 g/mol. The standard InChI is InChI=1S/C24H26F2N4O3/c1-14-5-9-30-19(11-15-4-3-7-29(8-6-15)24(32)33)22(28-20(30)10-14)21-17(25)12-16(13-18(21)26)23(31)27-2/h5,9-10,12-13,15H,3-4,6-8,11H2,1-2H3,(H,27,31)(H,32,33). The maximum Gasteiger partial charge on any atom is 0.407 e. The number of carbonyl (C=O) groups excluding carboxylic acids is 1. The average molecular weight is 456 g/mol. The first kappa shape index (κ1) is 22.7. The summed E-state index contributed by atoms with van der Waals surface area (Å²) in [6.07, 6.45) is 3.61. The summed E-state index contributed by atoms with van der Waals surface area (Å²) < 4.78 is 32.1. The number of nitrogens with one attached hydrogen (secondary N) is 1. The van der Waals surface area contributed by atoms with Gasteiger partial charge in [-0.15, -0.1) is 0 Å². The summed E-state index contributed by atoms with van der Waals surface area (Å²) in [5.41, 5.74) is 2.06. The number of aryl methyl sites for hydroxylation is 1. The summed E-state index contributed by atoms with van der Waals surface area (Å²) in [5, 5.41) is 11.7. The van der Waals surface area contributed by atoms with E-state index in [0.29, 0.717) is 37.3 Å². The van der Waals surface area contributed by atoms with Crippen molar-refractivity contribution in [2.45, 2.75) is 32.6 Å². The summed E-state index contributed by atoms with van der Waals surface area (Å²) in [6.45, 7) is 2.82. The molecule has 7 nitrogen and oxygen atoms in total. The lowest BCUT2D eigenvalue weighted by molar-refractivity contribution is 0.0962. The van der Waals surface area contributed by atoms with Crippen LogP contribution in [0, 0.1) is 24.5 Å². The number of nitrogens with zero attached hydrogens (tertiary/aromatic N) is 3. The highest BCUT2D eigenvalue weighted by molar-refractivity contribution is 5.94. The van der Waals surface area contributed by atoms with Crippen molar-refractivity contribution in [1.29, 1.82) is 0 Å². The molecular weight excluding hydrogens is 430 g/mol. The van der Waals surface area contributed by atoms with E-state index >= 15 is 8.78 Å². The minimum atomic E-state index is -0.929. The molecule has 4 rings (SSSR count). The number of pyridine rings is 1. The molecule has 1 unspecified atom stereocenters. The molecule has 174 valence electrons. The Morgan fingerprint density at radius 2 is 1.91 bits per heavy atom. The highest BCUT2D eigenvalue weighted by atomic mass is 19.1. The Bertz CT molecular complexity index is 1200. The maximum absolute atomic E-state index is 15.1. The van der Waals surface area contributed by atoms with E-state index in [9.17, 15) is 14.7 Å². The lowest BCUT2D eigenvalue weighted by Gasteiger charge is -2.17. The van der Waals surface area contributed by atoms with Crippen LogP contribution in [0.4, 0.5) is 13.6 Å². The third kappa shape index (κ3) is 4.53. The molecule has 2 amide bonds. The van der Waals surface area contributed by atoms with Crippen LogP contribution in [-0.2, 0) is 6.42 Å². The molecule has 1 aromatic carbocycles. The van der Waals surface area contributed by atoms with Crippen LogP contribution in [0.3, 0.4) is 0 Å². The number of rotatable bonds is 4. The Labute approximate surface area is 190 Å². The predicted molar refractivity (Wildman–Crippen MR) is 119 cm³/mol. The van der Waals surface area contributed by atoms with Gasteiger partial charge in [-0.3, -0.25) is 4.79 Å². The van der Waals surface area contributed by atoms with Crippen LogP contribution in [0.15, 0.2) is 30.5 Å². The Balaban J connectivity index is 1.78. The van der Waals surface area contributed by atoms with Crippen LogP contribution >= 0.6 is 0 Å². The number of carbonyl (C=O) groups is 2. The fourth-order valence-electron chi connectivity index (χ4n) is 4.50. The zero-order valence-electron chi connectivity index (χ0n) is 18.6. The third-order valence-corrected chi connectivity index (χ3v) is 6.25. The van der Waals surface area contributed by atoms with Crippen molar-refractivity contribution in [2.75, 3.05) is 20.1 Å². The van der Waals surface area contributed by atoms with Crippen LogP contribution in [0.5, 0.6) is 0 Å². The molecule has 1 atom stereocenters. The highest BCUT2D eigenvalue weighted by Crippen LogP contribution is 2.33. The zero-order valence-corrected chi connectivity index (χ0v) is 18.6. The molecule has 2 aromatic heterocycles. The summed E-state index contributed by atoms with van der Waals surface area (Å²) in [4.78, 5) is 29.2. The van der Waals surface area contributed by atoms with E-state index in [1.165, 1.54) is 11.9 Å². The summed E-state index contributed by atoms with van der Waals surface area (Å²) >= 11 is 0. The quantitative estimate of drug-likeness (QED) is 0.614. The lowest BCUT2D eigenvalue weighted by atomic mass is 9.93. The molecular formula is C24H26F2N4O3. The van der Waals surface area contributed by atoms with Gasteiger partial charge in [-0.25, -0.2) is 18.6 Å². The summed E-state index contributed by atoms with van der Waals surface area (Å²) in [7, 11) is 1.40. The molecule has 1 aliphatic rings. The molecule has 0 bridgehead atoms. The van der Waals surface area contributed by atoms with Crippen LogP contribution in [-0.4, -0.2) is 51.5 Å². The van der Waals surface area contributed by atoms with Gasteiger partial charge in [-0.2, -0.15) is 0 Å². The van der Waals surface area contributed by atoms with Crippen LogP contribution in [0.2, 0.25) is 0 Å². The van der Waals surface area contributed by atoms with Crippen molar-refractivity contribution >= 4 is 17.6 Å². The Hall–Kier alpha value is -3.49. The largest absolute Gasteiger partial charge is 0.465 e. The van der Waals surface area contributed by atoms with Gasteiger partial charge in [0.25, 0.3) is 5.91 Å². The Morgan fingerprint density at radius 1 is 1.18 bits per heavy atom. The number of likely N-dealkylation sites (tertiary alicyclic amines) is 1. The number of hydrogen-bond donors (Lipinski definition) is 2. The number of carboxylic acid groups (broad SMARTS) is 1. The summed E-state index contributed by atoms with van der Waals surface area (Å²) in [6, 6.07) is 5.79. The van der Waals surface area contributed by atoms with E-state index in [0.717, 1.165) is 30.5 Å². The van der Waals surface area contributed by atoms with Crippen molar-refractivity contribution in [3.63, 3.8) is 0 Å². The zero-order chi connectivity index (χ0) is 23.7. The number of benzene rings is 1. The van der Waals surface area contributed by atoms with Crippen LogP contribution < -0.4 is 5.32 Å². The number of halogens is 2. The first-order chi connectivity index (χ1) is 15.8. The number of fused-ring (bicyclic) bond motifs is 1. The van der Waals surface area contributed by atoms with Crippen molar-refractivity contribution in [3.05, 3.63) is 58.9 Å². The fraction of sp³-hybridized carbons (Fsp3) is 0.375. The normalized spacial score (nSPS) is 16.6. The second-order valence-electron chi connectivity index (χ2n) is 8.50. The fourth-order valence-corrected chi connectivity index (χ4v) is 4.50. The molecule has 1 saturated heterocycles. The molecule has 33 heavy (non-hydrogen) atoms. The second kappa shape index (κ2) is 9.17. The van der Waals surface area contributed by atoms with Crippen molar-refractivity contribution < 1.29 is 23.5 Å². The van der Waals surface area contributed by atoms with Gasteiger partial charge in [-0.05, 0) is 68.4 Å². The number of imidazole rings is 1. The van der Waals surface area contributed by atoms with Gasteiger partial charge >= 0.3 is 6.09 Å². The van der Waals surface area contributed by atoms with Gasteiger partial charge in [0, 0.05) is 31.9 Å². The topological polar surface area (TPSA) is 86.9 Å². The molecule has 0 spiro atoms. The smallest absolute Gasteiger partial charge is 0.407 e. The van der Waals surface area contributed by atoms with E-state index < -0.39 is 23.6 Å². The molecule has 9 heteroatoms. The van der Waals surface area contributed by atoms with Crippen LogP contribution in [0.25, 0.3) is 16.9 Å². The Kier molecular flexibility index (Phi) is 6.31. The van der Waals surface area contributed by atoms with E-state index in [1.807, 2.05) is 29.7 Å². The molecule has 3 heterocycles. The number of amides is 2. The van der Waals surface area contributed by atoms with E-state index in [-0.39, 0.29) is 22.7 Å². The molecule has 1 fully saturated rings. The first-order valence-corrected chi connectivity index (χ1v) is 11.0. The van der Waals surface area contributed by atoms with Crippen molar-refractivity contribution in [3.8, 4) is 11.3 Å². The molecule has 0 radical (unpaired) electrons. The number of aromatic nitrogens is 2. The van der Waals surface area contributed by atoms with E-state index in [1.54, 1.807) is 0 Å². The third-order valence-electron chi connectivity index (χ3n) is 6.25. The minimum Gasteiger partial charge on any atom is -0.465 e. The Morgan fingerprint density at radius 3 is 2.58 bits per heavy atom. The molecule has 2 N–H and O–H groups in total. The average Bonchev–Trinajstić information content (AvgIpc) is 2.94. The van der Waals surface area contributed by atoms with Gasteiger partial charge in [0.15, 0.2) is 0 Å². The molecule has 3 aromatic rings. The van der Waals surface area contributed by atoms with Crippen LogP contribution in [0.1, 0.15) is 40.9 Å². The SMILES string of the molecule is CNC(=O)c1cc(F)c(-c2nc3cc(C)ccn3c2CC2CCCN(C(=O)O)CC2)c(F)c1. The van der Waals surface area contributed by atoms with Gasteiger partial charge < -0.3 is 19.7 Å². The van der Waals surface area contributed by atoms with Crippen molar-refractivity contribution in [2.24, 2.45) is 5.92 Å². The molecule has 1 aliphatic heterocycles. The second-order valence-corrected chi connectivity index (χ2v) is 8.50. The molecule has 0 saturated carbocycles. The summed E-state index contributed by atoms with van der Waals surface area (Å²) in [5.74, 6) is -2.14. The van der Waals surface area contributed by atoms with E-state index in [4.69, 9.17) is 0 Å². The minimum absolute atomic E-state index is 0.102.